The summed E-state index contributed by atoms with van der Waals surface area (Å²) in [5, 5.41) is 3.84. The predicted octanol–water partition coefficient (Wildman–Crippen LogP) is 3.18. The molecule has 2 aromatic rings. The standard InChI is InChI=1S/C22H27F3N4O6S/c1-14(2)33-20-26-19(35-27-20)17-11-16(15-3-5-18(6-4-15)34-22(23,24)25)12-29(13-17)21(30)28-7-9-36(31,32)10-8-28/h3-6,14,16-17H,7-13H2,1-2H3. The van der Waals surface area contributed by atoms with Crippen LogP contribution < -0.4 is 9.47 Å². The lowest BCUT2D eigenvalue weighted by Gasteiger charge is -2.40. The zero-order chi connectivity index (χ0) is 26.1. The summed E-state index contributed by atoms with van der Waals surface area (Å²) >= 11 is 0. The highest BCUT2D eigenvalue weighted by atomic mass is 32.2. The van der Waals surface area contributed by atoms with Crippen molar-refractivity contribution in [1.82, 2.24) is 19.9 Å². The fourth-order valence-electron chi connectivity index (χ4n) is 4.37. The van der Waals surface area contributed by atoms with E-state index in [1.807, 2.05) is 13.8 Å². The van der Waals surface area contributed by atoms with Gasteiger partial charge < -0.3 is 23.8 Å². The minimum absolute atomic E-state index is 0.0786. The second kappa shape index (κ2) is 10.1. The fourth-order valence-corrected chi connectivity index (χ4v) is 5.57. The van der Waals surface area contributed by atoms with Gasteiger partial charge in [0.05, 0.1) is 23.5 Å². The smallest absolute Gasteiger partial charge is 0.459 e. The molecule has 0 radical (unpaired) electrons. The van der Waals surface area contributed by atoms with Crippen LogP contribution in [0.2, 0.25) is 0 Å². The van der Waals surface area contributed by atoms with E-state index in [2.05, 4.69) is 14.9 Å². The Labute approximate surface area is 206 Å². The number of rotatable bonds is 5. The van der Waals surface area contributed by atoms with Gasteiger partial charge in [0.15, 0.2) is 9.84 Å². The summed E-state index contributed by atoms with van der Waals surface area (Å²) in [7, 11) is -3.16. The van der Waals surface area contributed by atoms with Crippen LogP contribution in [0, 0.1) is 0 Å². The number of likely N-dealkylation sites (tertiary alicyclic amines) is 1. The Morgan fingerprint density at radius 1 is 1.08 bits per heavy atom. The Hall–Kier alpha value is -3.03. The average Bonchev–Trinajstić information content (AvgIpc) is 3.25. The fraction of sp³-hybridized carbons (Fsp3) is 0.591. The Bertz CT molecular complexity index is 1160. The quantitative estimate of drug-likeness (QED) is 0.577. The first-order valence-corrected chi connectivity index (χ1v) is 13.3. The lowest BCUT2D eigenvalue weighted by atomic mass is 9.84. The summed E-state index contributed by atoms with van der Waals surface area (Å²) in [6.45, 7) is 4.39. The molecule has 10 nitrogen and oxygen atoms in total. The summed E-state index contributed by atoms with van der Waals surface area (Å²) in [6, 6.07) is 5.30. The molecule has 2 aliphatic rings. The van der Waals surface area contributed by atoms with E-state index < -0.39 is 16.2 Å². The van der Waals surface area contributed by atoms with Crippen molar-refractivity contribution in [2.75, 3.05) is 37.7 Å². The normalized spacial score (nSPS) is 22.5. The molecule has 2 amide bonds. The van der Waals surface area contributed by atoms with Gasteiger partial charge in [-0.3, -0.25) is 0 Å². The third-order valence-electron chi connectivity index (χ3n) is 6.03. The first-order chi connectivity index (χ1) is 16.9. The lowest BCUT2D eigenvalue weighted by molar-refractivity contribution is -0.274. The third kappa shape index (κ3) is 6.59. The number of hydrogen-bond acceptors (Lipinski definition) is 8. The van der Waals surface area contributed by atoms with Crippen molar-refractivity contribution >= 4 is 15.9 Å². The van der Waals surface area contributed by atoms with Crippen LogP contribution in [0.15, 0.2) is 28.8 Å². The van der Waals surface area contributed by atoms with Crippen molar-refractivity contribution in [2.45, 2.75) is 44.6 Å². The number of carbonyl (C=O) groups excluding carboxylic acids is 1. The maximum absolute atomic E-state index is 13.3. The van der Waals surface area contributed by atoms with Crippen molar-refractivity contribution < 1.29 is 40.4 Å². The molecule has 4 rings (SSSR count). The molecule has 0 spiro atoms. The average molecular weight is 533 g/mol. The number of urea groups is 1. The Balaban J connectivity index is 1.55. The molecular weight excluding hydrogens is 505 g/mol. The van der Waals surface area contributed by atoms with Crippen LogP contribution in [0.1, 0.15) is 43.6 Å². The van der Waals surface area contributed by atoms with Crippen LogP contribution in [-0.2, 0) is 9.84 Å². The topological polar surface area (TPSA) is 115 Å². The van der Waals surface area contributed by atoms with Crippen molar-refractivity contribution in [3.63, 3.8) is 0 Å². The number of hydrogen-bond donors (Lipinski definition) is 0. The zero-order valence-corrected chi connectivity index (χ0v) is 20.6. The monoisotopic (exact) mass is 532 g/mol. The number of aromatic nitrogens is 2. The molecule has 0 aliphatic carbocycles. The van der Waals surface area contributed by atoms with E-state index in [1.165, 1.54) is 29.2 Å². The molecule has 0 saturated carbocycles. The van der Waals surface area contributed by atoms with Gasteiger partial charge >= 0.3 is 18.4 Å². The maximum atomic E-state index is 13.3. The van der Waals surface area contributed by atoms with Gasteiger partial charge in [0, 0.05) is 32.1 Å². The number of nitrogens with zero attached hydrogens (tertiary/aromatic N) is 4. The van der Waals surface area contributed by atoms with Gasteiger partial charge in [0.25, 0.3) is 0 Å². The highest BCUT2D eigenvalue weighted by molar-refractivity contribution is 7.91. The predicted molar refractivity (Wildman–Crippen MR) is 120 cm³/mol. The van der Waals surface area contributed by atoms with Crippen LogP contribution in [0.4, 0.5) is 18.0 Å². The number of sulfone groups is 1. The summed E-state index contributed by atoms with van der Waals surface area (Å²) in [5.41, 5.74) is 0.714. The van der Waals surface area contributed by atoms with Crippen molar-refractivity contribution in [1.29, 1.82) is 0 Å². The van der Waals surface area contributed by atoms with E-state index >= 15 is 0 Å². The molecule has 1 aromatic heterocycles. The zero-order valence-electron chi connectivity index (χ0n) is 19.8. The Morgan fingerprint density at radius 3 is 2.33 bits per heavy atom. The van der Waals surface area contributed by atoms with E-state index in [-0.39, 0.29) is 72.8 Å². The van der Waals surface area contributed by atoms with Crippen LogP contribution in [0.5, 0.6) is 11.8 Å². The van der Waals surface area contributed by atoms with Crippen LogP contribution >= 0.6 is 0 Å². The molecule has 0 N–H and O–H groups in total. The number of alkyl halides is 3. The first kappa shape index (κ1) is 26.0. The Kier molecular flexibility index (Phi) is 7.34. The van der Waals surface area contributed by atoms with E-state index in [0.717, 1.165) is 0 Å². The maximum Gasteiger partial charge on any atom is 0.573 e. The number of ether oxygens (including phenoxy) is 2. The van der Waals surface area contributed by atoms with Crippen LogP contribution in [0.25, 0.3) is 0 Å². The molecule has 2 atom stereocenters. The van der Waals surface area contributed by atoms with Gasteiger partial charge in [-0.15, -0.1) is 13.2 Å². The van der Waals surface area contributed by atoms with Gasteiger partial charge in [-0.25, -0.2) is 13.2 Å². The number of halogens is 3. The molecule has 2 fully saturated rings. The summed E-state index contributed by atoms with van der Waals surface area (Å²) in [4.78, 5) is 20.7. The van der Waals surface area contributed by atoms with Gasteiger partial charge in [0.2, 0.25) is 5.89 Å². The molecule has 2 saturated heterocycles. The summed E-state index contributed by atoms with van der Waals surface area (Å²) in [5.74, 6) is -0.856. The van der Waals surface area contributed by atoms with Gasteiger partial charge in [-0.2, -0.15) is 4.98 Å². The van der Waals surface area contributed by atoms with E-state index in [4.69, 9.17) is 9.26 Å². The largest absolute Gasteiger partial charge is 0.573 e. The SMILES string of the molecule is CC(C)Oc1noc(C2CC(c3ccc(OC(F)(F)F)cc3)CN(C(=O)N3CCS(=O)(=O)CC3)C2)n1. The molecule has 198 valence electrons. The highest BCUT2D eigenvalue weighted by Gasteiger charge is 2.38. The minimum Gasteiger partial charge on any atom is -0.459 e. The van der Waals surface area contributed by atoms with Crippen molar-refractivity contribution in [3.05, 3.63) is 35.7 Å². The molecule has 2 aliphatic heterocycles. The number of piperidine rings is 1. The summed E-state index contributed by atoms with van der Waals surface area (Å²) in [6.07, 6.45) is -4.46. The van der Waals surface area contributed by atoms with Crippen LogP contribution in [0.3, 0.4) is 0 Å². The molecule has 2 unspecified atom stereocenters. The molecule has 1 aromatic carbocycles. The van der Waals surface area contributed by atoms with Crippen molar-refractivity contribution in [2.24, 2.45) is 0 Å². The van der Waals surface area contributed by atoms with E-state index in [1.54, 1.807) is 4.90 Å². The molecule has 14 heteroatoms. The molecule has 3 heterocycles. The Morgan fingerprint density at radius 2 is 1.72 bits per heavy atom. The number of amides is 2. The second-order valence-electron chi connectivity index (χ2n) is 9.15. The van der Waals surface area contributed by atoms with Crippen LogP contribution in [-0.4, -0.2) is 84.5 Å². The minimum atomic E-state index is -4.80. The van der Waals surface area contributed by atoms with E-state index in [9.17, 15) is 26.4 Å². The highest BCUT2D eigenvalue weighted by Crippen LogP contribution is 2.37. The third-order valence-corrected chi connectivity index (χ3v) is 7.64. The first-order valence-electron chi connectivity index (χ1n) is 11.5. The second-order valence-corrected chi connectivity index (χ2v) is 11.5. The van der Waals surface area contributed by atoms with E-state index in [0.29, 0.717) is 18.5 Å². The van der Waals surface area contributed by atoms with Gasteiger partial charge in [-0.1, -0.05) is 12.1 Å². The molecular formula is C22H27F3N4O6S. The van der Waals surface area contributed by atoms with Gasteiger partial charge in [-0.05, 0) is 43.1 Å². The van der Waals surface area contributed by atoms with Gasteiger partial charge in [0.1, 0.15) is 5.75 Å². The lowest BCUT2D eigenvalue weighted by Crippen LogP contribution is -2.53. The number of carbonyl (C=O) groups is 1. The molecule has 36 heavy (non-hydrogen) atoms. The van der Waals surface area contributed by atoms with Crippen molar-refractivity contribution in [3.8, 4) is 11.8 Å². The number of benzene rings is 1. The summed E-state index contributed by atoms with van der Waals surface area (Å²) < 4.78 is 76.0. The molecule has 0 bridgehead atoms.